The van der Waals surface area contributed by atoms with Gasteiger partial charge in [-0.05, 0) is 18.6 Å². The second-order valence-electron chi connectivity index (χ2n) is 3.81. The molecule has 0 bridgehead atoms. The SMILES string of the molecule is CCOC(=O)Cc1c(Cl)cnc2c(N)cccc12. The monoisotopic (exact) mass is 264 g/mol. The number of nitrogens with two attached hydrogens (primary N) is 1. The van der Waals surface area contributed by atoms with Crippen molar-refractivity contribution in [3.8, 4) is 0 Å². The molecular formula is C13H13ClN2O2. The van der Waals surface area contributed by atoms with Gasteiger partial charge in [-0.25, -0.2) is 0 Å². The number of benzene rings is 1. The van der Waals surface area contributed by atoms with Gasteiger partial charge in [0.15, 0.2) is 0 Å². The third-order valence-electron chi connectivity index (χ3n) is 2.61. The number of nitrogen functional groups attached to an aromatic ring is 1. The number of aromatic nitrogens is 1. The van der Waals surface area contributed by atoms with Gasteiger partial charge < -0.3 is 10.5 Å². The summed E-state index contributed by atoms with van der Waals surface area (Å²) in [6.07, 6.45) is 1.63. The molecule has 2 rings (SSSR count). The fourth-order valence-electron chi connectivity index (χ4n) is 1.81. The Morgan fingerprint density at radius 3 is 3.00 bits per heavy atom. The second kappa shape index (κ2) is 5.23. The highest BCUT2D eigenvalue weighted by atomic mass is 35.5. The van der Waals surface area contributed by atoms with E-state index in [-0.39, 0.29) is 12.4 Å². The molecule has 1 aromatic heterocycles. The van der Waals surface area contributed by atoms with Crippen LogP contribution in [0.5, 0.6) is 0 Å². The van der Waals surface area contributed by atoms with Crippen LogP contribution in [0.4, 0.5) is 5.69 Å². The number of nitrogens with zero attached hydrogens (tertiary/aromatic N) is 1. The van der Waals surface area contributed by atoms with E-state index in [4.69, 9.17) is 22.1 Å². The maximum Gasteiger partial charge on any atom is 0.310 e. The van der Waals surface area contributed by atoms with Crippen LogP contribution in [-0.4, -0.2) is 17.6 Å². The Morgan fingerprint density at radius 1 is 1.50 bits per heavy atom. The Morgan fingerprint density at radius 2 is 2.28 bits per heavy atom. The lowest BCUT2D eigenvalue weighted by molar-refractivity contribution is -0.142. The molecule has 0 radical (unpaired) electrons. The molecule has 94 valence electrons. The lowest BCUT2D eigenvalue weighted by atomic mass is 10.1. The van der Waals surface area contributed by atoms with Crippen LogP contribution >= 0.6 is 11.6 Å². The van der Waals surface area contributed by atoms with Crippen LogP contribution < -0.4 is 5.73 Å². The van der Waals surface area contributed by atoms with E-state index in [9.17, 15) is 4.79 Å². The first kappa shape index (κ1) is 12.6. The van der Waals surface area contributed by atoms with Crippen molar-refractivity contribution in [2.24, 2.45) is 0 Å². The van der Waals surface area contributed by atoms with E-state index < -0.39 is 0 Å². The van der Waals surface area contributed by atoms with Gasteiger partial charge in [0.2, 0.25) is 0 Å². The third kappa shape index (κ3) is 2.38. The van der Waals surface area contributed by atoms with Crippen LogP contribution in [0, 0.1) is 0 Å². The highest BCUT2D eigenvalue weighted by molar-refractivity contribution is 6.32. The number of hydrogen-bond acceptors (Lipinski definition) is 4. The Hall–Kier alpha value is -1.81. The van der Waals surface area contributed by atoms with Gasteiger partial charge in [0.1, 0.15) is 0 Å². The summed E-state index contributed by atoms with van der Waals surface area (Å²) in [5, 5.41) is 1.23. The van der Waals surface area contributed by atoms with Gasteiger partial charge in [-0.1, -0.05) is 23.7 Å². The topological polar surface area (TPSA) is 65.2 Å². The molecule has 5 heteroatoms. The van der Waals surface area contributed by atoms with E-state index in [1.165, 1.54) is 6.20 Å². The number of esters is 1. The van der Waals surface area contributed by atoms with Gasteiger partial charge in [-0.3, -0.25) is 9.78 Å². The first-order valence-corrected chi connectivity index (χ1v) is 5.98. The average molecular weight is 265 g/mol. The van der Waals surface area contributed by atoms with Gasteiger partial charge in [-0.15, -0.1) is 0 Å². The minimum atomic E-state index is -0.311. The highest BCUT2D eigenvalue weighted by Gasteiger charge is 2.13. The molecule has 0 amide bonds. The van der Waals surface area contributed by atoms with Crippen molar-refractivity contribution < 1.29 is 9.53 Å². The Balaban J connectivity index is 2.51. The first-order valence-electron chi connectivity index (χ1n) is 5.60. The Bertz CT molecular complexity index is 599. The van der Waals surface area contributed by atoms with Crippen LogP contribution in [0.3, 0.4) is 0 Å². The summed E-state index contributed by atoms with van der Waals surface area (Å²) in [5.41, 5.74) is 7.76. The van der Waals surface area contributed by atoms with E-state index in [0.717, 1.165) is 5.39 Å². The minimum absolute atomic E-state index is 0.120. The van der Waals surface area contributed by atoms with Crippen molar-refractivity contribution >= 4 is 34.2 Å². The molecule has 0 saturated heterocycles. The highest BCUT2D eigenvalue weighted by Crippen LogP contribution is 2.27. The van der Waals surface area contributed by atoms with Gasteiger partial charge in [0, 0.05) is 11.6 Å². The minimum Gasteiger partial charge on any atom is -0.466 e. The molecule has 0 fully saturated rings. The van der Waals surface area contributed by atoms with Crippen molar-refractivity contribution in [1.82, 2.24) is 4.98 Å². The van der Waals surface area contributed by atoms with Crippen LogP contribution in [0.1, 0.15) is 12.5 Å². The maximum absolute atomic E-state index is 11.6. The summed E-state index contributed by atoms with van der Waals surface area (Å²) in [7, 11) is 0. The van der Waals surface area contributed by atoms with Gasteiger partial charge in [0.05, 0.1) is 29.3 Å². The molecule has 2 aromatic rings. The van der Waals surface area contributed by atoms with Crippen LogP contribution in [0.15, 0.2) is 24.4 Å². The molecule has 0 aliphatic heterocycles. The molecule has 0 saturated carbocycles. The van der Waals surface area contributed by atoms with E-state index >= 15 is 0 Å². The third-order valence-corrected chi connectivity index (χ3v) is 2.94. The maximum atomic E-state index is 11.6. The van der Waals surface area contributed by atoms with E-state index in [0.29, 0.717) is 28.4 Å². The number of halogens is 1. The summed E-state index contributed by atoms with van der Waals surface area (Å²) in [5.74, 6) is -0.311. The summed E-state index contributed by atoms with van der Waals surface area (Å²) < 4.78 is 4.93. The number of para-hydroxylation sites is 1. The molecule has 18 heavy (non-hydrogen) atoms. The normalized spacial score (nSPS) is 10.6. The number of hydrogen-bond donors (Lipinski definition) is 1. The van der Waals surface area contributed by atoms with E-state index in [2.05, 4.69) is 4.98 Å². The molecule has 0 aliphatic carbocycles. The fraction of sp³-hybridized carbons (Fsp3) is 0.231. The van der Waals surface area contributed by atoms with Crippen molar-refractivity contribution in [2.45, 2.75) is 13.3 Å². The lowest BCUT2D eigenvalue weighted by Crippen LogP contribution is -2.08. The molecule has 0 aliphatic rings. The zero-order valence-corrected chi connectivity index (χ0v) is 10.7. The largest absolute Gasteiger partial charge is 0.466 e. The van der Waals surface area contributed by atoms with Crippen molar-refractivity contribution in [2.75, 3.05) is 12.3 Å². The molecule has 4 nitrogen and oxygen atoms in total. The predicted molar refractivity (Wildman–Crippen MR) is 71.5 cm³/mol. The molecule has 0 unspecified atom stereocenters. The number of ether oxygens (including phenoxy) is 1. The molecule has 1 heterocycles. The second-order valence-corrected chi connectivity index (χ2v) is 4.22. The number of fused-ring (bicyclic) bond motifs is 1. The Kier molecular flexibility index (Phi) is 3.67. The zero-order chi connectivity index (χ0) is 13.1. The van der Waals surface area contributed by atoms with Gasteiger partial charge in [-0.2, -0.15) is 0 Å². The van der Waals surface area contributed by atoms with Crippen molar-refractivity contribution in [3.63, 3.8) is 0 Å². The standard InChI is InChI=1S/C13H13ClN2O2/c1-2-18-12(17)6-9-8-4-3-5-11(15)13(8)16-7-10(9)14/h3-5,7H,2,6,15H2,1H3. The Labute approximate surface area is 110 Å². The van der Waals surface area contributed by atoms with Crippen LogP contribution in [0.25, 0.3) is 10.9 Å². The molecular weight excluding hydrogens is 252 g/mol. The number of anilines is 1. The fourth-order valence-corrected chi connectivity index (χ4v) is 2.03. The van der Waals surface area contributed by atoms with Gasteiger partial charge in [0.25, 0.3) is 0 Å². The molecule has 0 atom stereocenters. The van der Waals surface area contributed by atoms with E-state index in [1.54, 1.807) is 13.0 Å². The number of pyridine rings is 1. The van der Waals surface area contributed by atoms with Crippen molar-refractivity contribution in [3.05, 3.63) is 35.0 Å². The number of rotatable bonds is 3. The summed E-state index contributed by atoms with van der Waals surface area (Å²) >= 11 is 6.09. The quantitative estimate of drug-likeness (QED) is 0.684. The summed E-state index contributed by atoms with van der Waals surface area (Å²) in [6, 6.07) is 5.42. The molecule has 1 aromatic carbocycles. The van der Waals surface area contributed by atoms with Gasteiger partial charge >= 0.3 is 5.97 Å². The zero-order valence-electron chi connectivity index (χ0n) is 9.94. The number of carbonyl (C=O) groups excluding carboxylic acids is 1. The van der Waals surface area contributed by atoms with Crippen LogP contribution in [0.2, 0.25) is 5.02 Å². The number of carbonyl (C=O) groups is 1. The first-order chi connectivity index (χ1) is 8.63. The smallest absolute Gasteiger partial charge is 0.310 e. The van der Waals surface area contributed by atoms with Crippen molar-refractivity contribution in [1.29, 1.82) is 0 Å². The van der Waals surface area contributed by atoms with E-state index in [1.807, 2.05) is 12.1 Å². The summed E-state index contributed by atoms with van der Waals surface area (Å²) in [4.78, 5) is 15.7. The molecule has 0 spiro atoms. The lowest BCUT2D eigenvalue weighted by Gasteiger charge is -2.09. The van der Waals surface area contributed by atoms with Crippen LogP contribution in [-0.2, 0) is 16.0 Å². The summed E-state index contributed by atoms with van der Waals surface area (Å²) in [6.45, 7) is 2.11. The molecule has 2 N–H and O–H groups in total. The average Bonchev–Trinajstić information content (AvgIpc) is 2.33. The predicted octanol–water partition coefficient (Wildman–Crippen LogP) is 2.58.